The molecule has 19 heavy (non-hydrogen) atoms. The van der Waals surface area contributed by atoms with E-state index in [9.17, 15) is 13.5 Å². The Balaban J connectivity index is 1.88. The van der Waals surface area contributed by atoms with Gasteiger partial charge in [0.2, 0.25) is 9.84 Å². The molecule has 0 spiro atoms. The van der Waals surface area contributed by atoms with E-state index in [1.54, 1.807) is 12.1 Å². The molecule has 2 aliphatic heterocycles. The van der Waals surface area contributed by atoms with Crippen molar-refractivity contribution in [3.63, 3.8) is 0 Å². The number of rotatable bonds is 2. The largest absolute Gasteiger partial charge is 0.508 e. The fourth-order valence-electron chi connectivity index (χ4n) is 2.74. The van der Waals surface area contributed by atoms with Gasteiger partial charge in [-0.1, -0.05) is 6.42 Å². The van der Waals surface area contributed by atoms with Crippen LogP contribution in [0.15, 0.2) is 28.0 Å². The van der Waals surface area contributed by atoms with Crippen molar-refractivity contribution in [1.82, 2.24) is 4.90 Å². The van der Waals surface area contributed by atoms with Crippen LogP contribution in [-0.4, -0.2) is 38.1 Å². The number of likely N-dealkylation sites (tertiary alicyclic amines) is 1. The minimum Gasteiger partial charge on any atom is -0.508 e. The van der Waals surface area contributed by atoms with Crippen molar-refractivity contribution in [1.29, 1.82) is 0 Å². The van der Waals surface area contributed by atoms with Gasteiger partial charge in [0.15, 0.2) is 0 Å². The number of hydrogen-bond donors (Lipinski definition) is 1. The van der Waals surface area contributed by atoms with Crippen LogP contribution in [0.5, 0.6) is 5.75 Å². The van der Waals surface area contributed by atoms with Crippen LogP contribution in [0, 0.1) is 0 Å². The number of sulfone groups is 1. The predicted molar refractivity (Wildman–Crippen MR) is 73.6 cm³/mol. The van der Waals surface area contributed by atoms with E-state index in [0.29, 0.717) is 17.0 Å². The highest BCUT2D eigenvalue weighted by Gasteiger charge is 2.31. The fraction of sp³-hybridized carbons (Fsp3) is 0.429. The van der Waals surface area contributed by atoms with Gasteiger partial charge in [-0.05, 0) is 55.8 Å². The molecule has 0 amide bonds. The lowest BCUT2D eigenvalue weighted by Crippen LogP contribution is -2.32. The van der Waals surface area contributed by atoms with Gasteiger partial charge in [0.1, 0.15) is 5.75 Å². The Bertz CT molecular complexity index is 628. The summed E-state index contributed by atoms with van der Waals surface area (Å²) in [4.78, 5) is 2.88. The Morgan fingerprint density at radius 1 is 1.16 bits per heavy atom. The third kappa shape index (κ3) is 2.28. The van der Waals surface area contributed by atoms with E-state index >= 15 is 0 Å². The molecule has 2 aliphatic rings. The second-order valence-corrected chi connectivity index (χ2v) is 7.14. The Morgan fingerprint density at radius 3 is 2.63 bits per heavy atom. The van der Waals surface area contributed by atoms with Gasteiger partial charge in [0.05, 0.1) is 9.80 Å². The molecule has 0 atom stereocenters. The van der Waals surface area contributed by atoms with Crippen molar-refractivity contribution in [3.8, 4) is 5.75 Å². The molecule has 0 aliphatic carbocycles. The molecule has 1 fully saturated rings. The maximum absolute atomic E-state index is 12.4. The van der Waals surface area contributed by atoms with E-state index in [4.69, 9.17) is 0 Å². The first-order valence-electron chi connectivity index (χ1n) is 6.58. The van der Waals surface area contributed by atoms with Gasteiger partial charge < -0.3 is 5.11 Å². The summed E-state index contributed by atoms with van der Waals surface area (Å²) in [5, 5.41) is 9.44. The summed E-state index contributed by atoms with van der Waals surface area (Å²) in [6.07, 6.45) is 5.25. The summed E-state index contributed by atoms with van der Waals surface area (Å²) in [5.41, 5.74) is 0.685. The highest BCUT2D eigenvalue weighted by molar-refractivity contribution is 7.95. The van der Waals surface area contributed by atoms with Crippen LogP contribution < -0.4 is 0 Å². The van der Waals surface area contributed by atoms with Gasteiger partial charge in [0, 0.05) is 6.54 Å². The number of nitrogens with zero attached hydrogens (tertiary/aromatic N) is 1. The molecule has 0 unspecified atom stereocenters. The van der Waals surface area contributed by atoms with Crippen molar-refractivity contribution < 1.29 is 13.5 Å². The lowest BCUT2D eigenvalue weighted by molar-refractivity contribution is 0.250. The van der Waals surface area contributed by atoms with Crippen molar-refractivity contribution in [2.75, 3.05) is 19.6 Å². The molecule has 1 aromatic carbocycles. The minimum absolute atomic E-state index is 0.00468. The number of phenolic OH excluding ortho intramolecular Hbond substituents is 1. The summed E-state index contributed by atoms with van der Waals surface area (Å²) in [6.45, 7) is 2.42. The summed E-state index contributed by atoms with van der Waals surface area (Å²) < 4.78 is 24.8. The summed E-state index contributed by atoms with van der Waals surface area (Å²) in [6, 6.07) is 4.52. The third-order valence-electron chi connectivity index (χ3n) is 3.78. The molecule has 5 heteroatoms. The number of benzene rings is 1. The van der Waals surface area contributed by atoms with Gasteiger partial charge in [-0.2, -0.15) is 0 Å². The van der Waals surface area contributed by atoms with Gasteiger partial charge >= 0.3 is 0 Å². The van der Waals surface area contributed by atoms with E-state index in [0.717, 1.165) is 25.9 Å². The Hall–Kier alpha value is -1.33. The smallest absolute Gasteiger partial charge is 0.204 e. The SMILES string of the molecule is O=S1(=O)C(CN2CCCCC2)=Cc2ccc(O)cc21. The van der Waals surface area contributed by atoms with Crippen molar-refractivity contribution in [3.05, 3.63) is 28.7 Å². The summed E-state index contributed by atoms with van der Waals surface area (Å²) >= 11 is 0. The molecule has 0 radical (unpaired) electrons. The predicted octanol–water partition coefficient (Wildman–Crippen LogP) is 2.01. The summed E-state index contributed by atoms with van der Waals surface area (Å²) in [5.74, 6) is -0.00468. The first-order chi connectivity index (χ1) is 9.07. The zero-order valence-electron chi connectivity index (χ0n) is 10.7. The first kappa shape index (κ1) is 12.7. The Morgan fingerprint density at radius 2 is 1.89 bits per heavy atom. The van der Waals surface area contributed by atoms with Crippen LogP contribution in [0.4, 0.5) is 0 Å². The highest BCUT2D eigenvalue weighted by atomic mass is 32.2. The van der Waals surface area contributed by atoms with Crippen LogP contribution in [-0.2, 0) is 9.84 Å². The third-order valence-corrected chi connectivity index (χ3v) is 5.65. The van der Waals surface area contributed by atoms with E-state index in [-0.39, 0.29) is 10.6 Å². The average Bonchev–Trinajstić information content (AvgIpc) is 2.63. The topological polar surface area (TPSA) is 57.6 Å². The second-order valence-electron chi connectivity index (χ2n) is 5.17. The van der Waals surface area contributed by atoms with E-state index < -0.39 is 9.84 Å². The van der Waals surface area contributed by atoms with Gasteiger partial charge in [-0.15, -0.1) is 0 Å². The lowest BCUT2D eigenvalue weighted by Gasteiger charge is -2.26. The van der Waals surface area contributed by atoms with Crippen molar-refractivity contribution in [2.24, 2.45) is 0 Å². The van der Waals surface area contributed by atoms with Crippen LogP contribution in [0.3, 0.4) is 0 Å². The zero-order chi connectivity index (χ0) is 13.5. The molecule has 0 saturated carbocycles. The average molecular weight is 279 g/mol. The van der Waals surface area contributed by atoms with E-state index in [2.05, 4.69) is 4.90 Å². The molecule has 4 nitrogen and oxygen atoms in total. The molecule has 102 valence electrons. The first-order valence-corrected chi connectivity index (χ1v) is 8.07. The maximum atomic E-state index is 12.4. The molecule has 0 bridgehead atoms. The van der Waals surface area contributed by atoms with Crippen LogP contribution in [0.25, 0.3) is 6.08 Å². The molecular formula is C14H17NO3S. The van der Waals surface area contributed by atoms with Gasteiger partial charge in [0.25, 0.3) is 0 Å². The maximum Gasteiger partial charge on any atom is 0.204 e. The van der Waals surface area contributed by atoms with E-state index in [1.165, 1.54) is 18.6 Å². The van der Waals surface area contributed by atoms with Gasteiger partial charge in [-0.3, -0.25) is 4.90 Å². The zero-order valence-corrected chi connectivity index (χ0v) is 11.5. The normalized spacial score (nSPS) is 22.0. The molecule has 1 saturated heterocycles. The molecule has 3 rings (SSSR count). The van der Waals surface area contributed by atoms with Crippen LogP contribution in [0.1, 0.15) is 24.8 Å². The Kier molecular flexibility index (Phi) is 3.11. The number of hydrogen-bond acceptors (Lipinski definition) is 4. The minimum atomic E-state index is -3.41. The Labute approximate surface area is 113 Å². The highest BCUT2D eigenvalue weighted by Crippen LogP contribution is 2.35. The van der Waals surface area contributed by atoms with Crippen molar-refractivity contribution in [2.45, 2.75) is 24.2 Å². The number of aromatic hydroxyl groups is 1. The second kappa shape index (κ2) is 4.65. The van der Waals surface area contributed by atoms with Gasteiger partial charge in [-0.25, -0.2) is 8.42 Å². The number of phenols is 1. The van der Waals surface area contributed by atoms with Crippen molar-refractivity contribution >= 4 is 15.9 Å². The molecule has 2 heterocycles. The quantitative estimate of drug-likeness (QED) is 0.899. The molecule has 0 aromatic heterocycles. The standard InChI is InChI=1S/C14H17NO3S/c16-12-5-4-11-8-13(19(17,18)14(11)9-12)10-15-6-2-1-3-7-15/h4-5,8-9,16H,1-3,6-7,10H2. The number of piperidine rings is 1. The number of fused-ring (bicyclic) bond motifs is 1. The lowest BCUT2D eigenvalue weighted by atomic mass is 10.1. The molecular weight excluding hydrogens is 262 g/mol. The van der Waals surface area contributed by atoms with Crippen LogP contribution >= 0.6 is 0 Å². The molecule has 1 N–H and O–H groups in total. The fourth-order valence-corrected chi connectivity index (χ4v) is 4.37. The van der Waals surface area contributed by atoms with E-state index in [1.807, 2.05) is 0 Å². The summed E-state index contributed by atoms with van der Waals surface area (Å²) in [7, 11) is -3.41. The van der Waals surface area contributed by atoms with Crippen LogP contribution in [0.2, 0.25) is 0 Å². The monoisotopic (exact) mass is 279 g/mol. The molecule has 1 aromatic rings.